The van der Waals surface area contributed by atoms with Crippen molar-refractivity contribution < 1.29 is 19.4 Å². The Morgan fingerprint density at radius 3 is 1.18 bits per heavy atom. The Morgan fingerprint density at radius 2 is 1.18 bits per heavy atom. The zero-order valence-corrected chi connectivity index (χ0v) is 9.26. The van der Waals surface area contributed by atoms with Gasteiger partial charge in [-0.25, -0.2) is 20.4 Å². The first-order valence-electron chi connectivity index (χ1n) is 4.21. The van der Waals surface area contributed by atoms with Gasteiger partial charge in [-0.05, 0) is 0 Å². The molecule has 0 aliphatic heterocycles. The van der Waals surface area contributed by atoms with Crippen LogP contribution in [0.1, 0.15) is 26.7 Å². The van der Waals surface area contributed by atoms with E-state index in [4.69, 9.17) is 20.4 Å². The first-order valence-corrected chi connectivity index (χ1v) is 4.21. The van der Waals surface area contributed by atoms with Crippen LogP contribution in [-0.2, 0) is 9.59 Å². The van der Waals surface area contributed by atoms with Crippen LogP contribution in [0.15, 0.2) is 0 Å². The summed E-state index contributed by atoms with van der Waals surface area (Å²) in [5, 5.41) is 31.4. The number of nitrogens with one attached hydrogen (secondary N) is 2. The van der Waals surface area contributed by atoms with Gasteiger partial charge < -0.3 is 0 Å². The molecule has 0 amide bonds. The molecule has 0 spiro atoms. The van der Waals surface area contributed by atoms with Crippen molar-refractivity contribution in [2.24, 2.45) is 0 Å². The van der Waals surface area contributed by atoms with Crippen molar-refractivity contribution in [2.75, 3.05) is 0 Å². The molecule has 17 heavy (non-hydrogen) atoms. The van der Waals surface area contributed by atoms with Crippen molar-refractivity contribution in [3.8, 4) is 0 Å². The molecule has 2 N–H and O–H groups in total. The maximum atomic E-state index is 10.3. The van der Waals surface area contributed by atoms with Crippen LogP contribution < -0.4 is 0 Å². The Hall–Kier alpha value is -2.44. The minimum atomic E-state index is -1.97. The van der Waals surface area contributed by atoms with Crippen LogP contribution in [0.4, 0.5) is 0 Å². The van der Waals surface area contributed by atoms with Crippen LogP contribution in [0.25, 0.3) is 0 Å². The molecule has 0 aromatic rings. The number of carbonyl (C=O) groups excluding carboxylic acids is 2. The van der Waals surface area contributed by atoms with E-state index >= 15 is 0 Å². The third kappa shape index (κ3) is 7.48. The Bertz CT molecular complexity index is 284. The number of nitro groups is 2. The fourth-order valence-corrected chi connectivity index (χ4v) is 0.833. The second-order valence-corrected chi connectivity index (χ2v) is 2.41. The Labute approximate surface area is 95.9 Å². The van der Waals surface area contributed by atoms with Crippen molar-refractivity contribution in [3.05, 3.63) is 20.2 Å². The summed E-state index contributed by atoms with van der Waals surface area (Å²) in [6.45, 7) is 2.88. The molecule has 96 valence electrons. The molecule has 0 aromatic heterocycles. The Kier molecular flexibility index (Phi) is 13.7. The lowest BCUT2D eigenvalue weighted by Crippen LogP contribution is -2.44. The predicted octanol–water partition coefficient (Wildman–Crippen LogP) is 0.858. The highest BCUT2D eigenvalue weighted by atomic mass is 16.7. The van der Waals surface area contributed by atoms with Crippen LogP contribution in [-0.4, -0.2) is 27.7 Å². The minimum Gasteiger partial charge on any atom is -0.258 e. The monoisotopic (exact) mass is 248 g/mol. The molecular weight excluding hydrogens is 236 g/mol. The molecule has 10 nitrogen and oxygen atoms in total. The minimum absolute atomic E-state index is 0.0799. The molecule has 0 aliphatic carbocycles. The molecule has 0 radical (unpaired) electrons. The smallest absolute Gasteiger partial charge is 0.258 e. The van der Waals surface area contributed by atoms with E-state index in [1.807, 2.05) is 0 Å². The fraction of sp³-hybridized carbons (Fsp3) is 0.714. The molecular formula is C7H12N4O6. The van der Waals surface area contributed by atoms with Crippen LogP contribution in [0.2, 0.25) is 0 Å². The highest BCUT2D eigenvalue weighted by Crippen LogP contribution is 2.19. The molecule has 0 fully saturated rings. The second kappa shape index (κ2) is 11.6. The maximum Gasteiger partial charge on any atom is 0.458 e. The molecule has 0 heterocycles. The zero-order chi connectivity index (χ0) is 14.5. The molecule has 0 saturated heterocycles. The first kappa shape index (κ1) is 20.0. The van der Waals surface area contributed by atoms with Crippen LogP contribution >= 0.6 is 0 Å². The van der Waals surface area contributed by atoms with Gasteiger partial charge in [0.15, 0.2) is 0 Å². The van der Waals surface area contributed by atoms with Crippen molar-refractivity contribution in [3.63, 3.8) is 0 Å². The highest BCUT2D eigenvalue weighted by molar-refractivity contribution is 5.26. The van der Waals surface area contributed by atoms with Gasteiger partial charge in [0.05, 0.1) is 22.7 Å². The summed E-state index contributed by atoms with van der Waals surface area (Å²) in [6, 6.07) is 0. The van der Waals surface area contributed by atoms with E-state index in [-0.39, 0.29) is 12.8 Å². The molecule has 0 aromatic carbocycles. The fourth-order valence-electron chi connectivity index (χ4n) is 0.833. The highest BCUT2D eigenvalue weighted by Gasteiger charge is 2.51. The van der Waals surface area contributed by atoms with Crippen molar-refractivity contribution in [1.29, 1.82) is 10.8 Å². The predicted molar refractivity (Wildman–Crippen MR) is 54.1 cm³/mol. The van der Waals surface area contributed by atoms with E-state index in [9.17, 15) is 20.2 Å². The average molecular weight is 248 g/mol. The molecule has 0 saturated carbocycles. The largest absolute Gasteiger partial charge is 0.458 e. The van der Waals surface area contributed by atoms with E-state index in [0.717, 1.165) is 12.2 Å². The lowest BCUT2D eigenvalue weighted by atomic mass is 10.1. The summed E-state index contributed by atoms with van der Waals surface area (Å²) in [4.78, 5) is 35.6. The average Bonchev–Trinajstić information content (AvgIpc) is 2.21. The van der Waals surface area contributed by atoms with Gasteiger partial charge in [-0.2, -0.15) is 0 Å². The third-order valence-electron chi connectivity index (χ3n) is 1.81. The van der Waals surface area contributed by atoms with Gasteiger partial charge in [0.2, 0.25) is 12.2 Å². The standard InChI is InChI=1S/C5H10N2O4.2CHNO/c1-3-5(4-2,6(8)9)7(10)11;2*2-1-3/h3-4H2,1-2H3;2*2H. The normalized spacial score (nSPS) is 8.12. The van der Waals surface area contributed by atoms with Gasteiger partial charge in [0, 0.05) is 0 Å². The molecule has 10 heteroatoms. The van der Waals surface area contributed by atoms with Gasteiger partial charge in [0.1, 0.15) is 0 Å². The third-order valence-corrected chi connectivity index (χ3v) is 1.81. The summed E-state index contributed by atoms with van der Waals surface area (Å²) in [7, 11) is 0. The van der Waals surface area contributed by atoms with Crippen LogP contribution in [0, 0.1) is 31.0 Å². The van der Waals surface area contributed by atoms with E-state index in [2.05, 4.69) is 0 Å². The molecule has 0 bridgehead atoms. The van der Waals surface area contributed by atoms with Gasteiger partial charge in [-0.3, -0.25) is 20.2 Å². The molecule has 0 atom stereocenters. The van der Waals surface area contributed by atoms with Crippen molar-refractivity contribution >= 4 is 12.2 Å². The number of rotatable bonds is 4. The first-order chi connectivity index (χ1) is 7.84. The topological polar surface area (TPSA) is 168 Å². The van der Waals surface area contributed by atoms with Gasteiger partial charge in [-0.1, -0.05) is 13.8 Å². The summed E-state index contributed by atoms with van der Waals surface area (Å²) < 4.78 is 0. The van der Waals surface area contributed by atoms with Crippen molar-refractivity contribution in [2.45, 2.75) is 32.4 Å². The summed E-state index contributed by atoms with van der Waals surface area (Å²) in [5.41, 5.74) is -1.97. The zero-order valence-electron chi connectivity index (χ0n) is 9.26. The summed E-state index contributed by atoms with van der Waals surface area (Å²) >= 11 is 0. The summed E-state index contributed by atoms with van der Waals surface area (Å²) in [6.07, 6.45) is 1.34. The van der Waals surface area contributed by atoms with Gasteiger partial charge in [-0.15, -0.1) is 0 Å². The SMILES string of the molecule is CCC(CC)([N+](=O)[O-])[N+](=O)[O-].N=C=O.N=C=O. The number of isocyanates is 2. The lowest BCUT2D eigenvalue weighted by molar-refractivity contribution is -0.797. The van der Waals surface area contributed by atoms with Gasteiger partial charge >= 0.3 is 5.66 Å². The second-order valence-electron chi connectivity index (χ2n) is 2.41. The van der Waals surface area contributed by atoms with Crippen LogP contribution in [0.5, 0.6) is 0 Å². The lowest BCUT2D eigenvalue weighted by Gasteiger charge is -2.12. The van der Waals surface area contributed by atoms with E-state index < -0.39 is 15.5 Å². The van der Waals surface area contributed by atoms with Crippen LogP contribution in [0.3, 0.4) is 0 Å². The van der Waals surface area contributed by atoms with E-state index in [1.54, 1.807) is 0 Å². The maximum absolute atomic E-state index is 10.3. The Balaban J connectivity index is -0.000000273. The van der Waals surface area contributed by atoms with Gasteiger partial charge in [0.25, 0.3) is 0 Å². The van der Waals surface area contributed by atoms with E-state index in [1.165, 1.54) is 13.8 Å². The summed E-state index contributed by atoms with van der Waals surface area (Å²) in [5.74, 6) is 0. The number of hydrogen-bond acceptors (Lipinski definition) is 8. The quantitative estimate of drug-likeness (QED) is 0.245. The molecule has 0 rings (SSSR count). The van der Waals surface area contributed by atoms with E-state index in [0.29, 0.717) is 0 Å². The van der Waals surface area contributed by atoms with Crippen molar-refractivity contribution in [1.82, 2.24) is 0 Å². The molecule has 0 unspecified atom stereocenters. The molecule has 0 aliphatic rings. The Morgan fingerprint density at radius 1 is 1.00 bits per heavy atom. The number of hydrogen-bond donors (Lipinski definition) is 2. The number of nitrogens with zero attached hydrogens (tertiary/aromatic N) is 2.